The summed E-state index contributed by atoms with van der Waals surface area (Å²) in [5, 5.41) is 2.99. The second-order valence-corrected chi connectivity index (χ2v) is 3.00. The molecule has 1 rings (SSSR count). The highest BCUT2D eigenvalue weighted by Crippen LogP contribution is 2.18. The van der Waals surface area contributed by atoms with Crippen LogP contribution in [-0.2, 0) is 0 Å². The Morgan fingerprint density at radius 3 is 2.85 bits per heavy atom. The molecule has 0 aliphatic carbocycles. The van der Waals surface area contributed by atoms with Crippen molar-refractivity contribution in [2.75, 3.05) is 11.9 Å². The highest BCUT2D eigenvalue weighted by molar-refractivity contribution is 7.80. The lowest BCUT2D eigenvalue weighted by molar-refractivity contribution is 0.626. The van der Waals surface area contributed by atoms with Crippen LogP contribution >= 0.6 is 12.2 Å². The second-order valence-electron chi connectivity index (χ2n) is 2.56. The molecule has 0 unspecified atom stereocenters. The molecule has 0 fully saturated rings. The van der Waals surface area contributed by atoms with Gasteiger partial charge in [0.2, 0.25) is 0 Å². The number of benzene rings is 1. The average Bonchev–Trinajstić information content (AvgIpc) is 2.04. The first-order valence-corrected chi connectivity index (χ1v) is 4.39. The molecule has 0 atom stereocenters. The van der Waals surface area contributed by atoms with Crippen LogP contribution in [0.3, 0.4) is 0 Å². The fourth-order valence-corrected chi connectivity index (χ4v) is 1.32. The number of anilines is 1. The molecule has 70 valence electrons. The van der Waals surface area contributed by atoms with Crippen molar-refractivity contribution in [3.05, 3.63) is 29.6 Å². The predicted octanol–water partition coefficient (Wildman–Crippen LogP) is 1.89. The molecule has 0 spiro atoms. The summed E-state index contributed by atoms with van der Waals surface area (Å²) >= 11 is 4.75. The van der Waals surface area contributed by atoms with Gasteiger partial charge in [0.15, 0.2) is 0 Å². The van der Waals surface area contributed by atoms with Gasteiger partial charge in [0.1, 0.15) is 10.8 Å². The van der Waals surface area contributed by atoms with Gasteiger partial charge in [0.25, 0.3) is 0 Å². The molecule has 3 N–H and O–H groups in total. The molecule has 1 aromatic rings. The fourth-order valence-electron chi connectivity index (χ4n) is 1.11. The maximum Gasteiger partial charge on any atom is 0.135 e. The van der Waals surface area contributed by atoms with E-state index in [0.717, 1.165) is 0 Å². The number of rotatable bonds is 3. The Morgan fingerprint density at radius 2 is 2.31 bits per heavy atom. The van der Waals surface area contributed by atoms with Crippen molar-refractivity contribution in [2.24, 2.45) is 5.73 Å². The van der Waals surface area contributed by atoms with Gasteiger partial charge >= 0.3 is 0 Å². The van der Waals surface area contributed by atoms with Crippen molar-refractivity contribution in [1.82, 2.24) is 0 Å². The SMILES string of the molecule is CCNc1cccc(F)c1C(N)=S. The summed E-state index contributed by atoms with van der Waals surface area (Å²) < 4.78 is 13.2. The van der Waals surface area contributed by atoms with Crippen molar-refractivity contribution in [1.29, 1.82) is 0 Å². The minimum atomic E-state index is -0.383. The molecule has 0 amide bonds. The van der Waals surface area contributed by atoms with E-state index in [1.165, 1.54) is 6.07 Å². The Bertz CT molecular complexity index is 325. The van der Waals surface area contributed by atoms with Gasteiger partial charge in [0, 0.05) is 12.2 Å². The predicted molar refractivity (Wildman–Crippen MR) is 56.5 cm³/mol. The van der Waals surface area contributed by atoms with E-state index in [1.807, 2.05) is 6.92 Å². The van der Waals surface area contributed by atoms with E-state index in [2.05, 4.69) is 5.32 Å². The van der Waals surface area contributed by atoms with Crippen molar-refractivity contribution in [3.8, 4) is 0 Å². The van der Waals surface area contributed by atoms with Crippen LogP contribution in [0.2, 0.25) is 0 Å². The second kappa shape index (κ2) is 4.18. The Morgan fingerprint density at radius 1 is 1.62 bits per heavy atom. The van der Waals surface area contributed by atoms with Crippen LogP contribution < -0.4 is 11.1 Å². The van der Waals surface area contributed by atoms with E-state index in [1.54, 1.807) is 12.1 Å². The molecule has 0 aromatic heterocycles. The van der Waals surface area contributed by atoms with Gasteiger partial charge in [-0.25, -0.2) is 4.39 Å². The fraction of sp³-hybridized carbons (Fsp3) is 0.222. The average molecular weight is 198 g/mol. The molecule has 1 aromatic carbocycles. The van der Waals surface area contributed by atoms with E-state index >= 15 is 0 Å². The molecule has 0 saturated carbocycles. The summed E-state index contributed by atoms with van der Waals surface area (Å²) in [5.74, 6) is -0.383. The zero-order valence-electron chi connectivity index (χ0n) is 7.30. The lowest BCUT2D eigenvalue weighted by Gasteiger charge is -2.09. The van der Waals surface area contributed by atoms with Crippen LogP contribution in [0.15, 0.2) is 18.2 Å². The third kappa shape index (κ3) is 2.15. The molecular formula is C9H11FN2S. The quantitative estimate of drug-likeness (QED) is 0.728. The van der Waals surface area contributed by atoms with Gasteiger partial charge in [-0.1, -0.05) is 18.3 Å². The highest BCUT2D eigenvalue weighted by Gasteiger charge is 2.09. The molecule has 0 bridgehead atoms. The summed E-state index contributed by atoms with van der Waals surface area (Å²) in [5.41, 5.74) is 6.34. The first kappa shape index (κ1) is 9.92. The Labute approximate surface area is 81.9 Å². The zero-order chi connectivity index (χ0) is 9.84. The van der Waals surface area contributed by atoms with Gasteiger partial charge < -0.3 is 11.1 Å². The molecule has 0 aliphatic heterocycles. The van der Waals surface area contributed by atoms with E-state index in [4.69, 9.17) is 18.0 Å². The standard InChI is InChI=1S/C9H11FN2S/c1-2-12-7-5-3-4-6(10)8(7)9(11)13/h3-5,12H,2H2,1H3,(H2,11,13). The van der Waals surface area contributed by atoms with E-state index < -0.39 is 0 Å². The largest absolute Gasteiger partial charge is 0.389 e. The molecular weight excluding hydrogens is 187 g/mol. The van der Waals surface area contributed by atoms with Gasteiger partial charge in [-0.15, -0.1) is 0 Å². The van der Waals surface area contributed by atoms with Crippen LogP contribution in [0.1, 0.15) is 12.5 Å². The number of thiocarbonyl (C=S) groups is 1. The number of hydrogen-bond acceptors (Lipinski definition) is 2. The van der Waals surface area contributed by atoms with Gasteiger partial charge in [-0.3, -0.25) is 0 Å². The molecule has 0 radical (unpaired) electrons. The van der Waals surface area contributed by atoms with Crippen molar-refractivity contribution >= 4 is 22.9 Å². The van der Waals surface area contributed by atoms with Crippen LogP contribution in [0.4, 0.5) is 10.1 Å². The minimum Gasteiger partial charge on any atom is -0.389 e. The molecule has 0 heterocycles. The summed E-state index contributed by atoms with van der Waals surface area (Å²) in [4.78, 5) is 0.0778. The van der Waals surface area contributed by atoms with Gasteiger partial charge in [-0.2, -0.15) is 0 Å². The van der Waals surface area contributed by atoms with Gasteiger partial charge in [-0.05, 0) is 19.1 Å². The minimum absolute atomic E-state index is 0.0778. The van der Waals surface area contributed by atoms with Crippen LogP contribution in [0.25, 0.3) is 0 Å². The van der Waals surface area contributed by atoms with Crippen molar-refractivity contribution in [3.63, 3.8) is 0 Å². The maximum atomic E-state index is 13.2. The van der Waals surface area contributed by atoms with E-state index in [0.29, 0.717) is 17.8 Å². The smallest absolute Gasteiger partial charge is 0.135 e. The summed E-state index contributed by atoms with van der Waals surface area (Å²) in [6.45, 7) is 2.63. The molecule has 4 heteroatoms. The van der Waals surface area contributed by atoms with E-state index in [9.17, 15) is 4.39 Å². The third-order valence-electron chi connectivity index (χ3n) is 1.63. The van der Waals surface area contributed by atoms with Crippen LogP contribution in [0, 0.1) is 5.82 Å². The molecule has 0 aliphatic rings. The third-order valence-corrected chi connectivity index (χ3v) is 1.83. The maximum absolute atomic E-state index is 13.2. The zero-order valence-corrected chi connectivity index (χ0v) is 8.12. The van der Waals surface area contributed by atoms with Crippen molar-refractivity contribution < 1.29 is 4.39 Å². The normalized spacial score (nSPS) is 9.69. The first-order chi connectivity index (χ1) is 6.16. The topological polar surface area (TPSA) is 38.0 Å². The van der Waals surface area contributed by atoms with E-state index in [-0.39, 0.29) is 10.8 Å². The summed E-state index contributed by atoms with van der Waals surface area (Å²) in [6, 6.07) is 4.71. The lowest BCUT2D eigenvalue weighted by Crippen LogP contribution is -2.15. The Kier molecular flexibility index (Phi) is 3.19. The Hall–Kier alpha value is -1.16. The number of nitrogens with one attached hydrogen (secondary N) is 1. The first-order valence-electron chi connectivity index (χ1n) is 3.99. The highest BCUT2D eigenvalue weighted by atomic mass is 32.1. The lowest BCUT2D eigenvalue weighted by atomic mass is 10.1. The monoisotopic (exact) mass is 198 g/mol. The number of hydrogen-bond donors (Lipinski definition) is 2. The number of halogens is 1. The number of nitrogens with two attached hydrogens (primary N) is 1. The summed E-state index contributed by atoms with van der Waals surface area (Å²) in [6.07, 6.45) is 0. The summed E-state index contributed by atoms with van der Waals surface area (Å²) in [7, 11) is 0. The molecule has 2 nitrogen and oxygen atoms in total. The van der Waals surface area contributed by atoms with Crippen LogP contribution in [0.5, 0.6) is 0 Å². The molecule has 13 heavy (non-hydrogen) atoms. The van der Waals surface area contributed by atoms with Crippen molar-refractivity contribution in [2.45, 2.75) is 6.92 Å². The molecule has 0 saturated heterocycles. The Balaban J connectivity index is 3.17. The van der Waals surface area contributed by atoms with Gasteiger partial charge in [0.05, 0.1) is 5.56 Å². The van der Waals surface area contributed by atoms with Crippen LogP contribution in [-0.4, -0.2) is 11.5 Å².